The SMILES string of the molecule is CSC1Nc2cnccc2C(N)N1. The standard InChI is InChI=1S/C8H12N4S/c1-13-8-11-6-4-10-3-2-5(6)7(9)12-8/h2-4,7-8,11-12H,9H2,1H3. The first-order chi connectivity index (χ1) is 6.31. The van der Waals surface area contributed by atoms with E-state index < -0.39 is 0 Å². The highest BCUT2D eigenvalue weighted by Crippen LogP contribution is 2.26. The van der Waals surface area contributed by atoms with E-state index in [1.54, 1.807) is 24.2 Å². The van der Waals surface area contributed by atoms with Crippen LogP contribution < -0.4 is 16.4 Å². The molecule has 0 saturated carbocycles. The number of fused-ring (bicyclic) bond motifs is 1. The molecule has 4 nitrogen and oxygen atoms in total. The largest absolute Gasteiger partial charge is 0.360 e. The van der Waals surface area contributed by atoms with Crippen LogP contribution in [0.25, 0.3) is 0 Å². The van der Waals surface area contributed by atoms with Gasteiger partial charge < -0.3 is 11.1 Å². The van der Waals surface area contributed by atoms with Gasteiger partial charge in [0.15, 0.2) is 0 Å². The zero-order valence-electron chi connectivity index (χ0n) is 7.32. The van der Waals surface area contributed by atoms with E-state index in [-0.39, 0.29) is 11.7 Å². The fraction of sp³-hybridized carbons (Fsp3) is 0.375. The van der Waals surface area contributed by atoms with Crippen molar-refractivity contribution in [1.29, 1.82) is 0 Å². The van der Waals surface area contributed by atoms with E-state index in [2.05, 4.69) is 15.6 Å². The van der Waals surface area contributed by atoms with Crippen molar-refractivity contribution in [2.45, 2.75) is 11.7 Å². The van der Waals surface area contributed by atoms with Crippen LogP contribution in [0.1, 0.15) is 11.7 Å². The van der Waals surface area contributed by atoms with Gasteiger partial charge in [0.05, 0.1) is 18.1 Å². The molecule has 1 aromatic heterocycles. The molecule has 0 saturated heterocycles. The van der Waals surface area contributed by atoms with E-state index in [9.17, 15) is 0 Å². The van der Waals surface area contributed by atoms with Crippen molar-refractivity contribution in [1.82, 2.24) is 10.3 Å². The molecule has 0 fully saturated rings. The average molecular weight is 196 g/mol. The number of pyridine rings is 1. The van der Waals surface area contributed by atoms with Crippen LogP contribution in [0.2, 0.25) is 0 Å². The quantitative estimate of drug-likeness (QED) is 0.617. The molecule has 1 aliphatic heterocycles. The molecule has 5 heteroatoms. The van der Waals surface area contributed by atoms with Gasteiger partial charge in [0, 0.05) is 11.8 Å². The topological polar surface area (TPSA) is 63.0 Å². The molecular formula is C8H12N4S. The molecule has 70 valence electrons. The molecule has 2 heterocycles. The molecule has 0 radical (unpaired) electrons. The van der Waals surface area contributed by atoms with Crippen molar-refractivity contribution >= 4 is 17.4 Å². The molecule has 0 aliphatic carbocycles. The lowest BCUT2D eigenvalue weighted by Crippen LogP contribution is -2.44. The number of aromatic nitrogens is 1. The molecule has 2 unspecified atom stereocenters. The van der Waals surface area contributed by atoms with E-state index in [0.29, 0.717) is 0 Å². The fourth-order valence-corrected chi connectivity index (χ4v) is 1.89. The lowest BCUT2D eigenvalue weighted by molar-refractivity contribution is 0.537. The van der Waals surface area contributed by atoms with Gasteiger partial charge >= 0.3 is 0 Å². The Hall–Kier alpha value is -0.780. The Kier molecular flexibility index (Phi) is 2.39. The van der Waals surface area contributed by atoms with Gasteiger partial charge in [-0.3, -0.25) is 10.3 Å². The highest BCUT2D eigenvalue weighted by Gasteiger charge is 2.21. The second-order valence-corrected chi connectivity index (χ2v) is 3.81. The number of anilines is 1. The first-order valence-electron chi connectivity index (χ1n) is 4.06. The molecule has 13 heavy (non-hydrogen) atoms. The molecule has 0 bridgehead atoms. The van der Waals surface area contributed by atoms with E-state index >= 15 is 0 Å². The third kappa shape index (κ3) is 1.63. The second kappa shape index (κ2) is 3.53. The lowest BCUT2D eigenvalue weighted by atomic mass is 10.1. The van der Waals surface area contributed by atoms with Crippen LogP contribution in [-0.2, 0) is 0 Å². The number of hydrogen-bond donors (Lipinski definition) is 3. The number of thioether (sulfide) groups is 1. The molecule has 1 aromatic rings. The minimum absolute atomic E-state index is 0.100. The van der Waals surface area contributed by atoms with Crippen LogP contribution in [0.5, 0.6) is 0 Å². The number of nitrogens with zero attached hydrogens (tertiary/aromatic N) is 1. The summed E-state index contributed by atoms with van der Waals surface area (Å²) in [5.74, 6) is 0. The van der Waals surface area contributed by atoms with Crippen LogP contribution in [0, 0.1) is 0 Å². The molecular weight excluding hydrogens is 184 g/mol. The van der Waals surface area contributed by atoms with Crippen LogP contribution in [0.3, 0.4) is 0 Å². The number of nitrogens with two attached hydrogens (primary N) is 1. The maximum absolute atomic E-state index is 5.92. The van der Waals surface area contributed by atoms with Gasteiger partial charge in [-0.25, -0.2) is 0 Å². The normalized spacial score (nSPS) is 26.3. The highest BCUT2D eigenvalue weighted by molar-refractivity contribution is 7.99. The van der Waals surface area contributed by atoms with Crippen LogP contribution >= 0.6 is 11.8 Å². The van der Waals surface area contributed by atoms with Gasteiger partial charge in [0.1, 0.15) is 5.50 Å². The van der Waals surface area contributed by atoms with Crippen molar-refractivity contribution in [2.24, 2.45) is 5.73 Å². The van der Waals surface area contributed by atoms with E-state index in [1.165, 1.54) is 0 Å². The van der Waals surface area contributed by atoms with E-state index in [4.69, 9.17) is 5.73 Å². The van der Waals surface area contributed by atoms with Crippen molar-refractivity contribution in [3.05, 3.63) is 24.0 Å². The molecule has 0 amide bonds. The monoisotopic (exact) mass is 196 g/mol. The smallest absolute Gasteiger partial charge is 0.127 e. The summed E-state index contributed by atoms with van der Waals surface area (Å²) in [7, 11) is 0. The fourth-order valence-electron chi connectivity index (χ4n) is 1.36. The van der Waals surface area contributed by atoms with Gasteiger partial charge in [-0.15, -0.1) is 11.8 Å². The maximum atomic E-state index is 5.92. The molecule has 0 spiro atoms. The Labute approximate surface area is 81.3 Å². The summed E-state index contributed by atoms with van der Waals surface area (Å²) in [4.78, 5) is 4.05. The van der Waals surface area contributed by atoms with Crippen LogP contribution in [0.15, 0.2) is 18.5 Å². The summed E-state index contributed by atoms with van der Waals surface area (Å²) in [6.45, 7) is 0. The van der Waals surface area contributed by atoms with E-state index in [0.717, 1.165) is 11.3 Å². The van der Waals surface area contributed by atoms with Gasteiger partial charge in [0.25, 0.3) is 0 Å². The van der Waals surface area contributed by atoms with Crippen LogP contribution in [-0.4, -0.2) is 16.7 Å². The summed E-state index contributed by atoms with van der Waals surface area (Å²) in [5, 5.41) is 6.51. The Balaban J connectivity index is 2.31. The molecule has 2 rings (SSSR count). The van der Waals surface area contributed by atoms with Crippen molar-refractivity contribution < 1.29 is 0 Å². The van der Waals surface area contributed by atoms with Gasteiger partial charge in [0.2, 0.25) is 0 Å². The number of hydrogen-bond acceptors (Lipinski definition) is 5. The van der Waals surface area contributed by atoms with Gasteiger partial charge in [-0.2, -0.15) is 0 Å². The predicted molar refractivity (Wildman–Crippen MR) is 55.2 cm³/mol. The Bertz CT molecular complexity index is 304. The first-order valence-corrected chi connectivity index (χ1v) is 5.35. The third-order valence-electron chi connectivity index (χ3n) is 2.04. The Morgan fingerprint density at radius 2 is 2.46 bits per heavy atom. The summed E-state index contributed by atoms with van der Waals surface area (Å²) in [6, 6.07) is 1.93. The Morgan fingerprint density at radius 3 is 3.23 bits per heavy atom. The first kappa shape index (κ1) is 8.80. The summed E-state index contributed by atoms with van der Waals surface area (Å²) >= 11 is 1.68. The zero-order chi connectivity index (χ0) is 9.26. The maximum Gasteiger partial charge on any atom is 0.127 e. The highest BCUT2D eigenvalue weighted by atomic mass is 32.2. The third-order valence-corrected chi connectivity index (χ3v) is 2.77. The van der Waals surface area contributed by atoms with Crippen molar-refractivity contribution in [3.8, 4) is 0 Å². The molecule has 0 aromatic carbocycles. The minimum atomic E-state index is -0.100. The molecule has 2 atom stereocenters. The van der Waals surface area contributed by atoms with Gasteiger partial charge in [-0.05, 0) is 12.3 Å². The second-order valence-electron chi connectivity index (χ2n) is 2.87. The summed E-state index contributed by atoms with van der Waals surface area (Å²) < 4.78 is 0. The van der Waals surface area contributed by atoms with Gasteiger partial charge in [-0.1, -0.05) is 0 Å². The summed E-state index contributed by atoms with van der Waals surface area (Å²) in [6.07, 6.45) is 5.48. The number of nitrogens with one attached hydrogen (secondary N) is 2. The van der Waals surface area contributed by atoms with E-state index in [1.807, 2.05) is 12.3 Å². The van der Waals surface area contributed by atoms with Crippen LogP contribution in [0.4, 0.5) is 5.69 Å². The van der Waals surface area contributed by atoms with Crippen molar-refractivity contribution in [3.63, 3.8) is 0 Å². The lowest BCUT2D eigenvalue weighted by Gasteiger charge is -2.31. The van der Waals surface area contributed by atoms with Crippen molar-refractivity contribution in [2.75, 3.05) is 11.6 Å². The predicted octanol–water partition coefficient (Wildman–Crippen LogP) is 0.701. The molecule has 1 aliphatic rings. The average Bonchev–Trinajstić information content (AvgIpc) is 2.18. The number of rotatable bonds is 1. The Morgan fingerprint density at radius 1 is 1.62 bits per heavy atom. The molecule has 4 N–H and O–H groups in total. The summed E-state index contributed by atoms with van der Waals surface area (Å²) in [5.41, 5.74) is 8.18. The minimum Gasteiger partial charge on any atom is -0.360 e. The zero-order valence-corrected chi connectivity index (χ0v) is 8.14.